The van der Waals surface area contributed by atoms with Crippen molar-refractivity contribution in [2.45, 2.75) is 0 Å². The Morgan fingerprint density at radius 2 is 1.73 bits per heavy atom. The fourth-order valence-electron chi connectivity index (χ4n) is 1.13. The fourth-order valence-corrected chi connectivity index (χ4v) is 1.13. The van der Waals surface area contributed by atoms with E-state index in [-0.39, 0.29) is 5.95 Å². The normalized spacial score (nSPS) is 10.3. The Labute approximate surface area is 83.6 Å². The molecule has 2 aromatic heterocycles. The minimum atomic E-state index is 0.200. The zero-order chi connectivity index (χ0) is 10.8. The highest BCUT2D eigenvalue weighted by Gasteiger charge is 2.10. The highest BCUT2D eigenvalue weighted by molar-refractivity contribution is 5.85. The second-order valence-corrected chi connectivity index (χ2v) is 2.61. The molecule has 0 fully saturated rings. The number of rotatable bonds is 3. The topological polar surface area (TPSA) is 169 Å². The zero-order valence-corrected chi connectivity index (χ0v) is 7.57. The van der Waals surface area contributed by atoms with Crippen LogP contribution in [0.2, 0.25) is 0 Å². The largest absolute Gasteiger partial charge is 0.319 e. The first-order valence-corrected chi connectivity index (χ1v) is 3.96. The van der Waals surface area contributed by atoms with Gasteiger partial charge in [0.2, 0.25) is 11.9 Å². The number of aromatic amines is 1. The molecule has 0 radical (unpaired) electrons. The van der Waals surface area contributed by atoms with E-state index in [1.165, 1.54) is 0 Å². The molecule has 10 nitrogen and oxygen atoms in total. The van der Waals surface area contributed by atoms with E-state index in [1.807, 2.05) is 0 Å². The number of nitrogens with one attached hydrogen (secondary N) is 4. The van der Waals surface area contributed by atoms with Gasteiger partial charge in [-0.2, -0.15) is 15.0 Å². The molecule has 0 saturated carbocycles. The number of H-pyrrole nitrogens is 1. The van der Waals surface area contributed by atoms with Crippen molar-refractivity contribution in [3.63, 3.8) is 0 Å². The minimum absolute atomic E-state index is 0.200. The van der Waals surface area contributed by atoms with Crippen LogP contribution in [0.3, 0.4) is 0 Å². The number of nitrogen functional groups attached to an aromatic ring is 3. The van der Waals surface area contributed by atoms with Crippen molar-refractivity contribution in [3.05, 3.63) is 0 Å². The van der Waals surface area contributed by atoms with Gasteiger partial charge in [0.1, 0.15) is 5.52 Å². The molecule has 2 aromatic rings. The van der Waals surface area contributed by atoms with Crippen molar-refractivity contribution in [1.29, 1.82) is 0 Å². The number of aromatic nitrogens is 4. The predicted molar refractivity (Wildman–Crippen MR) is 55.1 cm³/mol. The molecule has 80 valence electrons. The summed E-state index contributed by atoms with van der Waals surface area (Å²) in [4.78, 5) is 14.8. The molecule has 2 rings (SSSR count). The van der Waals surface area contributed by atoms with Crippen molar-refractivity contribution >= 4 is 28.9 Å². The summed E-state index contributed by atoms with van der Waals surface area (Å²) in [6.45, 7) is 0. The Bertz CT molecular complexity index is 474. The summed E-state index contributed by atoms with van der Waals surface area (Å²) in [5.41, 5.74) is 7.96. The minimum Gasteiger partial charge on any atom is -0.319 e. The summed E-state index contributed by atoms with van der Waals surface area (Å²) in [5.74, 6) is 16.6. The molecule has 0 amide bonds. The van der Waals surface area contributed by atoms with Crippen molar-refractivity contribution in [3.8, 4) is 0 Å². The first-order valence-electron chi connectivity index (χ1n) is 3.96. The first-order chi connectivity index (χ1) is 7.28. The maximum atomic E-state index is 5.28. The van der Waals surface area contributed by atoms with Crippen LogP contribution in [0, 0.1) is 0 Å². The van der Waals surface area contributed by atoms with Gasteiger partial charge in [0.05, 0.1) is 0 Å². The third-order valence-corrected chi connectivity index (χ3v) is 1.75. The molecule has 0 saturated heterocycles. The molecule has 15 heavy (non-hydrogen) atoms. The molecule has 0 unspecified atom stereocenters. The van der Waals surface area contributed by atoms with Gasteiger partial charge in [0.25, 0.3) is 0 Å². The summed E-state index contributed by atoms with van der Waals surface area (Å²) in [6.07, 6.45) is 0. The third kappa shape index (κ3) is 1.48. The van der Waals surface area contributed by atoms with E-state index in [0.29, 0.717) is 22.9 Å². The van der Waals surface area contributed by atoms with Crippen LogP contribution in [0.25, 0.3) is 11.2 Å². The smallest absolute Gasteiger partial charge is 0.241 e. The Hall–Kier alpha value is -2.17. The van der Waals surface area contributed by atoms with Crippen molar-refractivity contribution in [2.75, 3.05) is 16.3 Å². The van der Waals surface area contributed by atoms with Crippen LogP contribution in [0.5, 0.6) is 0 Å². The molecule has 0 bridgehead atoms. The molecular weight excluding hydrogens is 200 g/mol. The number of fused-ring (bicyclic) bond motifs is 1. The Balaban J connectivity index is 2.66. The van der Waals surface area contributed by atoms with Gasteiger partial charge < -0.3 is 10.4 Å². The van der Waals surface area contributed by atoms with Crippen LogP contribution < -0.4 is 33.8 Å². The van der Waals surface area contributed by atoms with E-state index in [4.69, 9.17) is 17.5 Å². The molecule has 0 atom stereocenters. The van der Waals surface area contributed by atoms with E-state index >= 15 is 0 Å². The number of hydrogen-bond acceptors (Lipinski definition) is 9. The van der Waals surface area contributed by atoms with Gasteiger partial charge in [-0.15, -0.1) is 0 Å². The standard InChI is InChI=1S/C5H10N10/c6-13-3-1-2(10-4(9-1)14-7)11-5(12-3)15-8/h6-8H2,(H4,9,10,11,12,13,14,15). The second-order valence-electron chi connectivity index (χ2n) is 2.61. The van der Waals surface area contributed by atoms with Crippen LogP contribution in [-0.2, 0) is 0 Å². The van der Waals surface area contributed by atoms with Gasteiger partial charge in [-0.25, -0.2) is 17.5 Å². The summed E-state index contributed by atoms with van der Waals surface area (Å²) in [7, 11) is 0. The second kappa shape index (κ2) is 3.53. The maximum absolute atomic E-state index is 5.28. The van der Waals surface area contributed by atoms with Crippen LogP contribution in [0.1, 0.15) is 0 Å². The summed E-state index contributed by atoms with van der Waals surface area (Å²) < 4.78 is 0. The molecule has 0 aliphatic rings. The molecule has 0 aliphatic carbocycles. The molecule has 10 heteroatoms. The van der Waals surface area contributed by atoms with Crippen LogP contribution in [0.4, 0.5) is 17.7 Å². The van der Waals surface area contributed by atoms with E-state index in [9.17, 15) is 0 Å². The Morgan fingerprint density at radius 1 is 0.933 bits per heavy atom. The Kier molecular flexibility index (Phi) is 2.21. The fraction of sp³-hybridized carbons (Fsp3) is 0. The highest BCUT2D eigenvalue weighted by atomic mass is 15.4. The summed E-state index contributed by atoms with van der Waals surface area (Å²) >= 11 is 0. The number of hydrogen-bond donors (Lipinski definition) is 7. The van der Waals surface area contributed by atoms with Crippen molar-refractivity contribution < 1.29 is 0 Å². The lowest BCUT2D eigenvalue weighted by Crippen LogP contribution is -2.14. The van der Waals surface area contributed by atoms with E-state index in [1.54, 1.807) is 0 Å². The number of nitrogens with zero attached hydrogens (tertiary/aromatic N) is 3. The highest BCUT2D eigenvalue weighted by Crippen LogP contribution is 2.19. The molecular formula is C5H10N10. The van der Waals surface area contributed by atoms with Gasteiger partial charge in [0, 0.05) is 0 Å². The lowest BCUT2D eigenvalue weighted by Gasteiger charge is -2.02. The number of anilines is 3. The lowest BCUT2D eigenvalue weighted by atomic mass is 10.5. The third-order valence-electron chi connectivity index (χ3n) is 1.75. The van der Waals surface area contributed by atoms with Crippen LogP contribution >= 0.6 is 0 Å². The van der Waals surface area contributed by atoms with Gasteiger partial charge in [-0.05, 0) is 0 Å². The van der Waals surface area contributed by atoms with Crippen molar-refractivity contribution in [2.24, 2.45) is 17.5 Å². The summed E-state index contributed by atoms with van der Waals surface area (Å²) in [5, 5.41) is 0. The van der Waals surface area contributed by atoms with E-state index < -0.39 is 0 Å². The SMILES string of the molecule is NNc1nc(NN)c2[nH]c(NN)nc2n1. The first kappa shape index (κ1) is 9.39. The molecule has 2 heterocycles. The maximum Gasteiger partial charge on any atom is 0.241 e. The monoisotopic (exact) mass is 210 g/mol. The van der Waals surface area contributed by atoms with E-state index in [2.05, 4.69) is 36.2 Å². The molecule has 10 N–H and O–H groups in total. The van der Waals surface area contributed by atoms with E-state index in [0.717, 1.165) is 0 Å². The average molecular weight is 210 g/mol. The molecule has 0 spiro atoms. The molecule has 0 aromatic carbocycles. The Morgan fingerprint density at radius 3 is 2.33 bits per heavy atom. The van der Waals surface area contributed by atoms with Gasteiger partial charge >= 0.3 is 0 Å². The number of nitrogens with two attached hydrogens (primary N) is 3. The van der Waals surface area contributed by atoms with Gasteiger partial charge in [-0.1, -0.05) is 0 Å². The van der Waals surface area contributed by atoms with Crippen LogP contribution in [0.15, 0.2) is 0 Å². The summed E-state index contributed by atoms with van der Waals surface area (Å²) in [6, 6.07) is 0. The quantitative estimate of drug-likeness (QED) is 0.228. The van der Waals surface area contributed by atoms with Crippen molar-refractivity contribution in [1.82, 2.24) is 19.9 Å². The van der Waals surface area contributed by atoms with Gasteiger partial charge in [-0.3, -0.25) is 10.9 Å². The van der Waals surface area contributed by atoms with Gasteiger partial charge in [0.15, 0.2) is 11.5 Å². The number of hydrazine groups is 3. The van der Waals surface area contributed by atoms with Crippen LogP contribution in [-0.4, -0.2) is 19.9 Å². The number of imidazole rings is 1. The molecule has 0 aliphatic heterocycles. The zero-order valence-electron chi connectivity index (χ0n) is 7.57. The lowest BCUT2D eigenvalue weighted by molar-refractivity contribution is 1.12. The average Bonchev–Trinajstić information content (AvgIpc) is 2.70. The predicted octanol–water partition coefficient (Wildman–Crippen LogP) is -1.79.